The predicted molar refractivity (Wildman–Crippen MR) is 88.8 cm³/mol. The number of aromatic nitrogens is 2. The van der Waals surface area contributed by atoms with Crippen LogP contribution in [-0.4, -0.2) is 9.78 Å². The van der Waals surface area contributed by atoms with Gasteiger partial charge in [-0.2, -0.15) is 5.10 Å². The highest BCUT2D eigenvalue weighted by Crippen LogP contribution is 2.31. The van der Waals surface area contributed by atoms with Gasteiger partial charge in [0.15, 0.2) is 0 Å². The number of hydrogen-bond acceptors (Lipinski definition) is 1. The maximum atomic E-state index is 6.29. The summed E-state index contributed by atoms with van der Waals surface area (Å²) in [5.74, 6) is 0. The Hall–Kier alpha value is -1.48. The minimum Gasteiger partial charge on any atom is -0.231 e. The summed E-state index contributed by atoms with van der Waals surface area (Å²) < 4.78 is 1.82. The molecule has 21 heavy (non-hydrogen) atoms. The minimum atomic E-state index is 0.556. The number of nitrogens with zero attached hydrogens (tertiary/aromatic N) is 2. The molecule has 0 saturated heterocycles. The van der Waals surface area contributed by atoms with E-state index in [1.165, 1.54) is 0 Å². The molecule has 0 atom stereocenters. The first-order valence-corrected chi connectivity index (χ1v) is 7.45. The Labute approximate surface area is 137 Å². The number of benzene rings is 2. The molecule has 0 saturated carbocycles. The van der Waals surface area contributed by atoms with Crippen LogP contribution in [0.1, 0.15) is 5.56 Å². The molecule has 0 aliphatic heterocycles. The van der Waals surface area contributed by atoms with Gasteiger partial charge in [0.25, 0.3) is 0 Å². The summed E-state index contributed by atoms with van der Waals surface area (Å²) in [6, 6.07) is 13.0. The minimum absolute atomic E-state index is 0.556. The molecule has 0 unspecified atom stereocenters. The maximum Gasteiger partial charge on any atom is 0.0840 e. The molecule has 0 amide bonds. The Morgan fingerprint density at radius 1 is 0.905 bits per heavy atom. The van der Waals surface area contributed by atoms with Gasteiger partial charge < -0.3 is 0 Å². The Balaban J connectivity index is 2.19. The molecule has 0 spiro atoms. The Kier molecular flexibility index (Phi) is 3.94. The van der Waals surface area contributed by atoms with Crippen LogP contribution in [0.25, 0.3) is 16.9 Å². The number of aryl methyl sites for hydroxylation is 1. The van der Waals surface area contributed by atoms with E-state index in [9.17, 15) is 0 Å². The van der Waals surface area contributed by atoms with Gasteiger partial charge >= 0.3 is 0 Å². The summed E-state index contributed by atoms with van der Waals surface area (Å²) in [5.41, 5.74) is 3.86. The van der Waals surface area contributed by atoms with Crippen molar-refractivity contribution in [2.75, 3.05) is 0 Å². The van der Waals surface area contributed by atoms with Gasteiger partial charge in [-0.1, -0.05) is 46.9 Å². The molecule has 3 aromatic rings. The molecule has 0 aliphatic rings. The van der Waals surface area contributed by atoms with Crippen LogP contribution < -0.4 is 0 Å². The molecule has 1 heterocycles. The summed E-state index contributed by atoms with van der Waals surface area (Å²) in [5, 5.41) is 6.29. The van der Waals surface area contributed by atoms with Gasteiger partial charge in [-0.25, -0.2) is 4.68 Å². The van der Waals surface area contributed by atoms with Crippen LogP contribution in [-0.2, 0) is 0 Å². The van der Waals surface area contributed by atoms with Crippen molar-refractivity contribution in [2.45, 2.75) is 6.92 Å². The van der Waals surface area contributed by atoms with Crippen LogP contribution in [0.2, 0.25) is 15.1 Å². The first-order chi connectivity index (χ1) is 10.1. The van der Waals surface area contributed by atoms with E-state index in [-0.39, 0.29) is 0 Å². The highest BCUT2D eigenvalue weighted by molar-refractivity contribution is 6.35. The molecule has 3 rings (SSSR count). The van der Waals surface area contributed by atoms with Gasteiger partial charge in [0.05, 0.1) is 22.6 Å². The second kappa shape index (κ2) is 5.72. The molecular formula is C16H11Cl3N2. The Bertz CT molecular complexity index is 792. The second-order valence-corrected chi connectivity index (χ2v) is 5.97. The van der Waals surface area contributed by atoms with Crippen LogP contribution in [0.4, 0.5) is 0 Å². The fourth-order valence-electron chi connectivity index (χ4n) is 2.22. The normalized spacial score (nSPS) is 10.9. The van der Waals surface area contributed by atoms with Crippen molar-refractivity contribution in [3.05, 3.63) is 69.3 Å². The Morgan fingerprint density at radius 2 is 1.57 bits per heavy atom. The molecule has 2 nitrogen and oxygen atoms in total. The van der Waals surface area contributed by atoms with Gasteiger partial charge in [0, 0.05) is 15.6 Å². The van der Waals surface area contributed by atoms with Gasteiger partial charge in [0.1, 0.15) is 0 Å². The van der Waals surface area contributed by atoms with Gasteiger partial charge in [-0.15, -0.1) is 0 Å². The summed E-state index contributed by atoms with van der Waals surface area (Å²) >= 11 is 18.2. The van der Waals surface area contributed by atoms with E-state index in [2.05, 4.69) is 5.10 Å². The highest BCUT2D eigenvalue weighted by atomic mass is 35.5. The van der Waals surface area contributed by atoms with Crippen LogP contribution in [0, 0.1) is 6.92 Å². The fourth-order valence-corrected chi connectivity index (χ4v) is 2.84. The summed E-state index contributed by atoms with van der Waals surface area (Å²) in [7, 11) is 0. The first-order valence-electron chi connectivity index (χ1n) is 6.32. The van der Waals surface area contributed by atoms with Crippen molar-refractivity contribution in [3.8, 4) is 16.9 Å². The van der Waals surface area contributed by atoms with E-state index in [1.807, 2.05) is 48.1 Å². The second-order valence-electron chi connectivity index (χ2n) is 4.69. The van der Waals surface area contributed by atoms with E-state index in [4.69, 9.17) is 34.8 Å². The van der Waals surface area contributed by atoms with Crippen LogP contribution >= 0.6 is 34.8 Å². The lowest BCUT2D eigenvalue weighted by Gasteiger charge is -2.11. The fraction of sp³-hybridized carbons (Fsp3) is 0.0625. The van der Waals surface area contributed by atoms with E-state index < -0.39 is 0 Å². The average Bonchev–Trinajstić information content (AvgIpc) is 2.82. The molecule has 1 aromatic heterocycles. The van der Waals surface area contributed by atoms with E-state index >= 15 is 0 Å². The molecule has 0 fully saturated rings. The standard InChI is InChI=1S/C16H11Cl3N2/c1-10-9-20-21(15-7-6-13(18)8-14(15)19)16(10)11-2-4-12(17)5-3-11/h2-9H,1H3. The molecule has 0 bridgehead atoms. The van der Waals surface area contributed by atoms with E-state index in [1.54, 1.807) is 12.1 Å². The lowest BCUT2D eigenvalue weighted by atomic mass is 10.1. The molecular weight excluding hydrogens is 327 g/mol. The molecule has 0 radical (unpaired) electrons. The molecule has 0 N–H and O–H groups in total. The predicted octanol–water partition coefficient (Wildman–Crippen LogP) is 5.81. The third-order valence-corrected chi connectivity index (χ3v) is 4.00. The SMILES string of the molecule is Cc1cnn(-c2ccc(Cl)cc2Cl)c1-c1ccc(Cl)cc1. The summed E-state index contributed by atoms with van der Waals surface area (Å²) in [4.78, 5) is 0. The van der Waals surface area contributed by atoms with Crippen molar-refractivity contribution >= 4 is 34.8 Å². The van der Waals surface area contributed by atoms with E-state index in [0.29, 0.717) is 15.1 Å². The zero-order valence-electron chi connectivity index (χ0n) is 11.1. The van der Waals surface area contributed by atoms with Crippen molar-refractivity contribution in [2.24, 2.45) is 0 Å². The molecule has 2 aromatic carbocycles. The summed E-state index contributed by atoms with van der Waals surface area (Å²) in [6.07, 6.45) is 1.81. The average molecular weight is 338 g/mol. The lowest BCUT2D eigenvalue weighted by Crippen LogP contribution is -2.00. The largest absolute Gasteiger partial charge is 0.231 e. The lowest BCUT2D eigenvalue weighted by molar-refractivity contribution is 0.888. The first kappa shape index (κ1) is 14.5. The third kappa shape index (κ3) is 2.80. The van der Waals surface area contributed by atoms with Crippen LogP contribution in [0.5, 0.6) is 0 Å². The summed E-state index contributed by atoms with van der Waals surface area (Å²) in [6.45, 7) is 2.01. The third-order valence-electron chi connectivity index (χ3n) is 3.21. The molecule has 106 valence electrons. The monoisotopic (exact) mass is 336 g/mol. The molecule has 5 heteroatoms. The van der Waals surface area contributed by atoms with E-state index in [0.717, 1.165) is 22.5 Å². The highest BCUT2D eigenvalue weighted by Gasteiger charge is 2.14. The van der Waals surface area contributed by atoms with Gasteiger partial charge in [-0.3, -0.25) is 0 Å². The number of rotatable bonds is 2. The zero-order valence-corrected chi connectivity index (χ0v) is 13.4. The zero-order chi connectivity index (χ0) is 15.0. The van der Waals surface area contributed by atoms with Gasteiger partial charge in [0.2, 0.25) is 0 Å². The van der Waals surface area contributed by atoms with Crippen molar-refractivity contribution in [3.63, 3.8) is 0 Å². The van der Waals surface area contributed by atoms with Crippen molar-refractivity contribution < 1.29 is 0 Å². The Morgan fingerprint density at radius 3 is 2.24 bits per heavy atom. The van der Waals surface area contributed by atoms with Crippen LogP contribution in [0.15, 0.2) is 48.7 Å². The molecule has 0 aliphatic carbocycles. The van der Waals surface area contributed by atoms with Gasteiger partial charge in [-0.05, 0) is 42.8 Å². The van der Waals surface area contributed by atoms with Crippen LogP contribution in [0.3, 0.4) is 0 Å². The topological polar surface area (TPSA) is 17.8 Å². The van der Waals surface area contributed by atoms with Crippen molar-refractivity contribution in [1.82, 2.24) is 9.78 Å². The number of halogens is 3. The maximum absolute atomic E-state index is 6.29. The smallest absolute Gasteiger partial charge is 0.0840 e. The van der Waals surface area contributed by atoms with Crippen molar-refractivity contribution in [1.29, 1.82) is 0 Å². The quantitative estimate of drug-likeness (QED) is 0.577. The number of hydrogen-bond donors (Lipinski definition) is 0.